The molecule has 1 aromatic carbocycles. The van der Waals surface area contributed by atoms with Crippen LogP contribution in [0, 0.1) is 6.92 Å². The van der Waals surface area contributed by atoms with Crippen molar-refractivity contribution in [1.29, 1.82) is 0 Å². The maximum atomic E-state index is 13.0. The second-order valence-corrected chi connectivity index (χ2v) is 6.45. The maximum absolute atomic E-state index is 13.0. The van der Waals surface area contributed by atoms with Gasteiger partial charge in [-0.2, -0.15) is 0 Å². The highest BCUT2D eigenvalue weighted by molar-refractivity contribution is 7.62. The maximum Gasteiger partial charge on any atom is 0.367 e. The van der Waals surface area contributed by atoms with Crippen molar-refractivity contribution in [1.82, 2.24) is 4.68 Å². The van der Waals surface area contributed by atoms with Gasteiger partial charge in [-0.15, -0.1) is 0 Å². The van der Waals surface area contributed by atoms with Gasteiger partial charge in [0.2, 0.25) is 0 Å². The number of benzene rings is 1. The molecule has 0 spiro atoms. The molecule has 0 unspecified atom stereocenters. The molecule has 0 bridgehead atoms. The van der Waals surface area contributed by atoms with Crippen molar-refractivity contribution in [2.75, 3.05) is 19.1 Å². The lowest BCUT2D eigenvalue weighted by Crippen LogP contribution is -2.40. The molecule has 21 heavy (non-hydrogen) atoms. The number of nitrogens with zero attached hydrogens (tertiary/aromatic N) is 1. The molecule has 0 amide bonds. The predicted molar refractivity (Wildman–Crippen MR) is 83.6 cm³/mol. The summed E-state index contributed by atoms with van der Waals surface area (Å²) in [4.78, 5) is 12.5. The molecule has 0 fully saturated rings. The van der Waals surface area contributed by atoms with Gasteiger partial charge in [0.05, 0.1) is 13.2 Å². The van der Waals surface area contributed by atoms with Crippen LogP contribution in [0.3, 0.4) is 0 Å². The number of hydrogen-bond donors (Lipinski definition) is 1. The highest BCUT2D eigenvalue weighted by atomic mass is 31.2. The minimum Gasteiger partial charge on any atom is -0.336 e. The molecular weight excluding hydrogens is 291 g/mol. The Labute approximate surface area is 123 Å². The largest absolute Gasteiger partial charge is 0.367 e. The van der Waals surface area contributed by atoms with Crippen molar-refractivity contribution >= 4 is 23.7 Å². The molecule has 1 aromatic heterocycles. The first-order valence-corrected chi connectivity index (χ1v) is 8.29. The van der Waals surface area contributed by atoms with Crippen LogP contribution in [0.25, 0.3) is 10.8 Å². The molecule has 0 radical (unpaired) electrons. The van der Waals surface area contributed by atoms with Crippen LogP contribution < -0.4 is 16.7 Å². The Bertz CT molecular complexity index is 759. The Kier molecular flexibility index (Phi) is 4.52. The third-order valence-corrected chi connectivity index (χ3v) is 5.40. The van der Waals surface area contributed by atoms with E-state index in [0.717, 1.165) is 10.1 Å². The van der Waals surface area contributed by atoms with Crippen molar-refractivity contribution in [2.45, 2.75) is 20.8 Å². The van der Waals surface area contributed by atoms with Crippen LogP contribution in [-0.2, 0) is 13.6 Å². The van der Waals surface area contributed by atoms with Crippen LogP contribution in [0.2, 0.25) is 0 Å². The summed E-state index contributed by atoms with van der Waals surface area (Å²) in [6.45, 7) is 5.47. The Balaban J connectivity index is 2.91. The average molecular weight is 310 g/mol. The Morgan fingerprint density at radius 1 is 1.14 bits per heavy atom. The molecule has 2 aromatic rings. The first-order chi connectivity index (χ1) is 9.96. The molecule has 0 saturated heterocycles. The molecule has 0 saturated carbocycles. The summed E-state index contributed by atoms with van der Waals surface area (Å²) in [5.74, 6) is 5.81. The van der Waals surface area contributed by atoms with Gasteiger partial charge in [0.15, 0.2) is 0 Å². The fourth-order valence-electron chi connectivity index (χ4n) is 2.29. The van der Waals surface area contributed by atoms with Crippen molar-refractivity contribution < 1.29 is 13.6 Å². The lowest BCUT2D eigenvalue weighted by Gasteiger charge is -2.20. The Morgan fingerprint density at radius 3 is 2.19 bits per heavy atom. The quantitative estimate of drug-likeness (QED) is 0.674. The SMILES string of the molecule is CCOP(=O)(OCC)c1c(=O)n(N)c(C)c2ccccc12. The average Bonchev–Trinajstić information content (AvgIpc) is 2.45. The minimum absolute atomic E-state index is 0.00472. The zero-order valence-electron chi connectivity index (χ0n) is 12.3. The van der Waals surface area contributed by atoms with Crippen LogP contribution >= 0.6 is 7.60 Å². The van der Waals surface area contributed by atoms with Gasteiger partial charge < -0.3 is 14.9 Å². The summed E-state index contributed by atoms with van der Waals surface area (Å²) in [6, 6.07) is 7.15. The van der Waals surface area contributed by atoms with Crippen LogP contribution in [0.5, 0.6) is 0 Å². The van der Waals surface area contributed by atoms with E-state index in [4.69, 9.17) is 14.9 Å². The smallest absolute Gasteiger partial charge is 0.336 e. The van der Waals surface area contributed by atoms with E-state index in [1.165, 1.54) is 0 Å². The van der Waals surface area contributed by atoms with E-state index < -0.39 is 13.2 Å². The second kappa shape index (κ2) is 6.02. The third kappa shape index (κ3) is 2.62. The highest BCUT2D eigenvalue weighted by Gasteiger charge is 2.33. The topological polar surface area (TPSA) is 83.5 Å². The summed E-state index contributed by atoms with van der Waals surface area (Å²) < 4.78 is 24.6. The number of nitrogen functional groups attached to an aromatic ring is 1. The summed E-state index contributed by atoms with van der Waals surface area (Å²) in [6.07, 6.45) is 0. The van der Waals surface area contributed by atoms with Gasteiger partial charge in [-0.05, 0) is 20.8 Å². The van der Waals surface area contributed by atoms with Crippen molar-refractivity contribution in [3.63, 3.8) is 0 Å². The van der Waals surface area contributed by atoms with Crippen LogP contribution in [0.1, 0.15) is 19.5 Å². The molecule has 6 nitrogen and oxygen atoms in total. The highest BCUT2D eigenvalue weighted by Crippen LogP contribution is 2.47. The standard InChI is InChI=1S/C14H19N2O4P/c1-4-19-21(18,20-5-2)13-12-9-7-6-8-11(12)10(3)16(15)14(13)17/h6-9H,4-5,15H2,1-3H3. The number of aromatic nitrogens is 1. The zero-order valence-corrected chi connectivity index (χ0v) is 13.2. The summed E-state index contributed by atoms with van der Waals surface area (Å²) >= 11 is 0. The fourth-order valence-corrected chi connectivity index (χ4v) is 4.13. The van der Waals surface area contributed by atoms with Gasteiger partial charge in [0.25, 0.3) is 5.56 Å². The number of aryl methyl sites for hydroxylation is 1. The molecule has 0 aliphatic carbocycles. The minimum atomic E-state index is -3.71. The molecule has 114 valence electrons. The van der Waals surface area contributed by atoms with E-state index in [1.807, 2.05) is 12.1 Å². The summed E-state index contributed by atoms with van der Waals surface area (Å²) in [5.41, 5.74) is 0.0373. The number of pyridine rings is 1. The monoisotopic (exact) mass is 310 g/mol. The van der Waals surface area contributed by atoms with Gasteiger partial charge in [-0.3, -0.25) is 9.36 Å². The van der Waals surface area contributed by atoms with Crippen molar-refractivity contribution in [3.05, 3.63) is 40.3 Å². The molecule has 2 rings (SSSR count). The number of nitrogens with two attached hydrogens (primary N) is 1. The lowest BCUT2D eigenvalue weighted by molar-refractivity contribution is 0.230. The summed E-state index contributed by atoms with van der Waals surface area (Å²) in [5, 5.41) is 1.29. The van der Waals surface area contributed by atoms with Crippen molar-refractivity contribution in [3.8, 4) is 0 Å². The van der Waals surface area contributed by atoms with E-state index in [9.17, 15) is 9.36 Å². The van der Waals surface area contributed by atoms with Gasteiger partial charge in [0, 0.05) is 16.5 Å². The van der Waals surface area contributed by atoms with E-state index in [1.54, 1.807) is 32.9 Å². The second-order valence-electron chi connectivity index (χ2n) is 4.49. The molecule has 2 N–H and O–H groups in total. The molecule has 7 heteroatoms. The van der Waals surface area contributed by atoms with E-state index in [-0.39, 0.29) is 18.5 Å². The van der Waals surface area contributed by atoms with Crippen LogP contribution in [0.4, 0.5) is 0 Å². The number of hydrogen-bond acceptors (Lipinski definition) is 5. The fraction of sp³-hybridized carbons (Fsp3) is 0.357. The first-order valence-electron chi connectivity index (χ1n) is 6.75. The normalized spacial score (nSPS) is 12.0. The van der Waals surface area contributed by atoms with Gasteiger partial charge in [0.1, 0.15) is 5.30 Å². The van der Waals surface area contributed by atoms with E-state index >= 15 is 0 Å². The van der Waals surface area contributed by atoms with Crippen LogP contribution in [-0.4, -0.2) is 17.9 Å². The third-order valence-electron chi connectivity index (χ3n) is 3.23. The summed E-state index contributed by atoms with van der Waals surface area (Å²) in [7, 11) is -3.71. The zero-order chi connectivity index (χ0) is 15.6. The van der Waals surface area contributed by atoms with Crippen molar-refractivity contribution in [2.24, 2.45) is 0 Å². The molecular formula is C14H19N2O4P. The lowest BCUT2D eigenvalue weighted by atomic mass is 10.1. The predicted octanol–water partition coefficient (Wildman–Crippen LogP) is 1.92. The van der Waals surface area contributed by atoms with Gasteiger partial charge >= 0.3 is 7.60 Å². The van der Waals surface area contributed by atoms with E-state index in [2.05, 4.69) is 0 Å². The molecule has 1 heterocycles. The first kappa shape index (κ1) is 15.8. The Hall–Kier alpha value is -1.62. The number of rotatable bonds is 5. The van der Waals surface area contributed by atoms with Crippen LogP contribution in [0.15, 0.2) is 29.1 Å². The molecule has 0 atom stereocenters. The Morgan fingerprint density at radius 2 is 1.67 bits per heavy atom. The molecule has 0 aliphatic heterocycles. The van der Waals surface area contributed by atoms with Gasteiger partial charge in [-0.25, -0.2) is 4.68 Å². The van der Waals surface area contributed by atoms with E-state index in [0.29, 0.717) is 11.1 Å². The van der Waals surface area contributed by atoms with Gasteiger partial charge in [-0.1, -0.05) is 24.3 Å². The molecule has 0 aliphatic rings. The number of fused-ring (bicyclic) bond motifs is 1.